The van der Waals surface area contributed by atoms with E-state index in [1.165, 1.54) is 32.4 Å². The molecule has 112 valence electrons. The molecule has 0 aromatic rings. The molecule has 0 amide bonds. The van der Waals surface area contributed by atoms with Crippen molar-refractivity contribution in [3.8, 4) is 0 Å². The van der Waals surface area contributed by atoms with Crippen LogP contribution in [0.2, 0.25) is 0 Å². The quantitative estimate of drug-likeness (QED) is 0.824. The first-order valence-corrected chi connectivity index (χ1v) is 7.94. The maximum atomic E-state index is 9.70. The number of hydrogen-bond acceptors (Lipinski definition) is 3. The van der Waals surface area contributed by atoms with Crippen molar-refractivity contribution in [2.24, 2.45) is 11.3 Å². The maximum absolute atomic E-state index is 9.70. The molecule has 0 aromatic heterocycles. The van der Waals surface area contributed by atoms with Crippen LogP contribution in [-0.2, 0) is 0 Å². The summed E-state index contributed by atoms with van der Waals surface area (Å²) in [4.78, 5) is 2.69. The van der Waals surface area contributed by atoms with Gasteiger partial charge in [0.15, 0.2) is 0 Å². The predicted octanol–water partition coefficient (Wildman–Crippen LogP) is 2.25. The first-order chi connectivity index (χ1) is 8.90. The molecule has 0 spiro atoms. The van der Waals surface area contributed by atoms with Gasteiger partial charge < -0.3 is 15.3 Å². The molecule has 0 bridgehead atoms. The number of nitrogens with one attached hydrogen (secondary N) is 1. The summed E-state index contributed by atoms with van der Waals surface area (Å²) in [5.74, 6) is 0.826. The van der Waals surface area contributed by atoms with Gasteiger partial charge in [0.2, 0.25) is 0 Å². The Balaban J connectivity index is 1.96. The average Bonchev–Trinajstić information content (AvgIpc) is 2.88. The number of aliphatic hydroxyl groups is 1. The van der Waals surface area contributed by atoms with E-state index < -0.39 is 0 Å². The summed E-state index contributed by atoms with van der Waals surface area (Å²) < 4.78 is 0. The van der Waals surface area contributed by atoms with Crippen molar-refractivity contribution in [1.82, 2.24) is 10.2 Å². The maximum Gasteiger partial charge on any atom is 0.0613 e. The Kier molecular flexibility index (Phi) is 4.59. The van der Waals surface area contributed by atoms with E-state index in [1.54, 1.807) is 0 Å². The minimum Gasteiger partial charge on any atom is -0.394 e. The normalized spacial score (nSPS) is 37.7. The summed E-state index contributed by atoms with van der Waals surface area (Å²) in [5.41, 5.74) is 0.406. The van der Waals surface area contributed by atoms with Gasteiger partial charge in [0.1, 0.15) is 0 Å². The minimum absolute atomic E-state index is 0.0251. The number of aliphatic hydroxyl groups excluding tert-OH is 1. The SMILES string of the molecule is CNC1(CO)CCCC(N2CCC(C(C)(C)C)C2)C1. The Bertz CT molecular complexity index is 294. The molecular formula is C16H32N2O. The molecule has 3 nitrogen and oxygen atoms in total. The third kappa shape index (κ3) is 3.32. The molecule has 1 saturated carbocycles. The summed E-state index contributed by atoms with van der Waals surface area (Å²) in [5, 5.41) is 13.1. The molecule has 3 unspecified atom stereocenters. The summed E-state index contributed by atoms with van der Waals surface area (Å²) in [6, 6.07) is 0.667. The zero-order chi connectivity index (χ0) is 14.1. The molecule has 0 radical (unpaired) electrons. The second kappa shape index (κ2) is 5.71. The van der Waals surface area contributed by atoms with Gasteiger partial charge in [0, 0.05) is 18.1 Å². The van der Waals surface area contributed by atoms with Crippen LogP contribution in [0.3, 0.4) is 0 Å². The van der Waals surface area contributed by atoms with Gasteiger partial charge in [-0.25, -0.2) is 0 Å². The van der Waals surface area contributed by atoms with E-state index in [2.05, 4.69) is 31.0 Å². The monoisotopic (exact) mass is 268 g/mol. The number of likely N-dealkylation sites (N-methyl/N-ethyl adjacent to an activating group) is 1. The van der Waals surface area contributed by atoms with E-state index >= 15 is 0 Å². The van der Waals surface area contributed by atoms with Crippen LogP contribution in [0, 0.1) is 11.3 Å². The van der Waals surface area contributed by atoms with Crippen LogP contribution >= 0.6 is 0 Å². The lowest BCUT2D eigenvalue weighted by molar-refractivity contribution is 0.0694. The Morgan fingerprint density at radius 1 is 1.32 bits per heavy atom. The van der Waals surface area contributed by atoms with Gasteiger partial charge in [-0.1, -0.05) is 20.8 Å². The van der Waals surface area contributed by atoms with E-state index in [0.717, 1.165) is 18.8 Å². The van der Waals surface area contributed by atoms with Crippen molar-refractivity contribution in [2.45, 2.75) is 64.5 Å². The highest BCUT2D eigenvalue weighted by atomic mass is 16.3. The van der Waals surface area contributed by atoms with Crippen LogP contribution in [0.15, 0.2) is 0 Å². The van der Waals surface area contributed by atoms with Crippen molar-refractivity contribution in [3.05, 3.63) is 0 Å². The van der Waals surface area contributed by atoms with E-state index in [-0.39, 0.29) is 12.1 Å². The molecule has 1 heterocycles. The molecule has 2 aliphatic rings. The van der Waals surface area contributed by atoms with Gasteiger partial charge in [-0.15, -0.1) is 0 Å². The molecule has 1 aliphatic carbocycles. The molecule has 3 heteroatoms. The molecule has 0 aromatic carbocycles. The fourth-order valence-electron chi connectivity index (χ4n) is 3.92. The van der Waals surface area contributed by atoms with Crippen LogP contribution in [0.4, 0.5) is 0 Å². The van der Waals surface area contributed by atoms with Gasteiger partial charge in [-0.05, 0) is 57.0 Å². The van der Waals surface area contributed by atoms with Crippen molar-refractivity contribution in [2.75, 3.05) is 26.7 Å². The third-order valence-corrected chi connectivity index (χ3v) is 5.61. The van der Waals surface area contributed by atoms with Crippen LogP contribution in [0.1, 0.15) is 52.9 Å². The van der Waals surface area contributed by atoms with Gasteiger partial charge in [0.05, 0.1) is 6.61 Å². The van der Waals surface area contributed by atoms with E-state index in [0.29, 0.717) is 11.5 Å². The third-order valence-electron chi connectivity index (χ3n) is 5.61. The van der Waals surface area contributed by atoms with Gasteiger partial charge >= 0.3 is 0 Å². The zero-order valence-electron chi connectivity index (χ0n) is 13.2. The molecule has 2 fully saturated rings. The van der Waals surface area contributed by atoms with E-state index in [4.69, 9.17) is 0 Å². The lowest BCUT2D eigenvalue weighted by Gasteiger charge is -2.43. The van der Waals surface area contributed by atoms with E-state index in [9.17, 15) is 5.11 Å². The molecule has 3 atom stereocenters. The highest BCUT2D eigenvalue weighted by Crippen LogP contribution is 2.38. The Morgan fingerprint density at radius 3 is 2.58 bits per heavy atom. The number of rotatable bonds is 3. The van der Waals surface area contributed by atoms with Gasteiger partial charge in [-0.3, -0.25) is 0 Å². The number of likely N-dealkylation sites (tertiary alicyclic amines) is 1. The summed E-state index contributed by atoms with van der Waals surface area (Å²) >= 11 is 0. The molecule has 2 rings (SSSR count). The number of nitrogens with zero attached hydrogens (tertiary/aromatic N) is 1. The van der Waals surface area contributed by atoms with Crippen molar-refractivity contribution >= 4 is 0 Å². The van der Waals surface area contributed by atoms with Crippen LogP contribution in [-0.4, -0.2) is 48.3 Å². The summed E-state index contributed by atoms with van der Waals surface area (Å²) in [6.45, 7) is 9.88. The van der Waals surface area contributed by atoms with E-state index in [1.807, 2.05) is 7.05 Å². The summed E-state index contributed by atoms with van der Waals surface area (Å²) in [6.07, 6.45) is 6.11. The topological polar surface area (TPSA) is 35.5 Å². The molecule has 1 saturated heterocycles. The minimum atomic E-state index is -0.0251. The summed E-state index contributed by atoms with van der Waals surface area (Å²) in [7, 11) is 2.00. The smallest absolute Gasteiger partial charge is 0.0613 e. The molecule has 1 aliphatic heterocycles. The van der Waals surface area contributed by atoms with Crippen molar-refractivity contribution < 1.29 is 5.11 Å². The lowest BCUT2D eigenvalue weighted by atomic mass is 9.78. The molecule has 19 heavy (non-hydrogen) atoms. The standard InChI is InChI=1S/C16H32N2O/c1-15(2,3)13-7-9-18(11-13)14-6-5-8-16(10-14,12-19)17-4/h13-14,17,19H,5-12H2,1-4H3. The van der Waals surface area contributed by atoms with Crippen LogP contribution < -0.4 is 5.32 Å². The van der Waals surface area contributed by atoms with Crippen molar-refractivity contribution in [3.63, 3.8) is 0 Å². The van der Waals surface area contributed by atoms with Crippen molar-refractivity contribution in [1.29, 1.82) is 0 Å². The van der Waals surface area contributed by atoms with Gasteiger partial charge in [0.25, 0.3) is 0 Å². The number of hydrogen-bond donors (Lipinski definition) is 2. The Morgan fingerprint density at radius 2 is 2.05 bits per heavy atom. The molecule has 2 N–H and O–H groups in total. The highest BCUT2D eigenvalue weighted by Gasteiger charge is 2.40. The fourth-order valence-corrected chi connectivity index (χ4v) is 3.92. The average molecular weight is 268 g/mol. The first kappa shape index (κ1) is 15.3. The first-order valence-electron chi connectivity index (χ1n) is 7.94. The van der Waals surface area contributed by atoms with Crippen LogP contribution in [0.25, 0.3) is 0 Å². The highest BCUT2D eigenvalue weighted by molar-refractivity contribution is 4.97. The largest absolute Gasteiger partial charge is 0.394 e. The van der Waals surface area contributed by atoms with Crippen LogP contribution in [0.5, 0.6) is 0 Å². The fraction of sp³-hybridized carbons (Fsp3) is 1.00. The molecular weight excluding hydrogens is 236 g/mol. The lowest BCUT2D eigenvalue weighted by Crippen LogP contribution is -2.54. The zero-order valence-corrected chi connectivity index (χ0v) is 13.2. The second-order valence-corrected chi connectivity index (χ2v) is 7.79. The Hall–Kier alpha value is -0.120. The second-order valence-electron chi connectivity index (χ2n) is 7.79. The Labute approximate surface area is 118 Å². The predicted molar refractivity (Wildman–Crippen MR) is 80.3 cm³/mol. The van der Waals surface area contributed by atoms with Gasteiger partial charge in [-0.2, -0.15) is 0 Å².